The number of nitrogens with one attached hydrogen (secondary N) is 1. The number of aliphatic hydroxyl groups excluding tert-OH is 3. The van der Waals surface area contributed by atoms with E-state index in [1.54, 1.807) is 4.90 Å². The van der Waals surface area contributed by atoms with Gasteiger partial charge in [-0.15, -0.1) is 0 Å². The van der Waals surface area contributed by atoms with E-state index < -0.39 is 43.3 Å². The zero-order valence-electron chi connectivity index (χ0n) is 33.7. The van der Waals surface area contributed by atoms with Gasteiger partial charge in [0.2, 0.25) is 5.91 Å². The number of hydrogen-bond donors (Lipinski definition) is 4. The highest BCUT2D eigenvalue weighted by molar-refractivity contribution is 5.76. The third kappa shape index (κ3) is 20.9. The number of amides is 2. The van der Waals surface area contributed by atoms with Gasteiger partial charge in [0.25, 0.3) is 0 Å². The second-order valence-electron chi connectivity index (χ2n) is 15.4. The molecule has 1 aromatic rings. The Hall–Kier alpha value is -2.20. The Morgan fingerprint density at radius 3 is 1.58 bits per heavy atom. The third-order valence-electron chi connectivity index (χ3n) is 10.8. The molecule has 1 fully saturated rings. The molecule has 1 heterocycles. The highest BCUT2D eigenvalue weighted by Crippen LogP contribution is 2.26. The molecule has 1 aromatic carbocycles. The minimum Gasteiger partial charge on any atom is -0.445 e. The normalized spacial score (nSPS) is 20.0. The lowest BCUT2D eigenvalue weighted by atomic mass is 9.95. The maximum absolute atomic E-state index is 13.9. The summed E-state index contributed by atoms with van der Waals surface area (Å²) in [5.74, 6) is -0.108. The van der Waals surface area contributed by atoms with Crippen LogP contribution in [0.15, 0.2) is 30.3 Å². The smallest absolute Gasteiger partial charge is 0.407 e. The van der Waals surface area contributed by atoms with Crippen LogP contribution in [0.1, 0.15) is 186 Å². The van der Waals surface area contributed by atoms with Crippen LogP contribution >= 0.6 is 0 Å². The van der Waals surface area contributed by atoms with Gasteiger partial charge < -0.3 is 35.0 Å². The van der Waals surface area contributed by atoms with Crippen LogP contribution in [0, 0.1) is 0 Å². The standard InChI is InChI=1S/C44H78N2O7/c1-3-5-7-9-11-13-14-15-16-17-18-19-21-23-25-30-34-46(39(48)33-29-24-22-20-12-10-8-6-4-2)43-40(42(50)41(49)38(35-47)53-43)45-44(51)52-36-37-31-27-26-28-32-37/h26-28,31-32,38,40-43,47,49-50H,3-25,29-30,33-36H2,1-2H3,(H,45,51)/t38-,40-,41+,42-,43-/m1/s1. The van der Waals surface area contributed by atoms with Crippen molar-refractivity contribution in [2.24, 2.45) is 0 Å². The molecule has 0 radical (unpaired) electrons. The number of benzene rings is 1. The molecule has 306 valence electrons. The molecule has 9 heteroatoms. The van der Waals surface area contributed by atoms with Gasteiger partial charge in [0, 0.05) is 13.0 Å². The molecule has 9 nitrogen and oxygen atoms in total. The molecule has 4 N–H and O–H groups in total. The van der Waals surface area contributed by atoms with Crippen molar-refractivity contribution < 1.29 is 34.4 Å². The molecule has 1 aliphatic heterocycles. The first-order chi connectivity index (χ1) is 25.9. The summed E-state index contributed by atoms with van der Waals surface area (Å²) < 4.78 is 11.6. The number of carbonyl (C=O) groups is 2. The summed E-state index contributed by atoms with van der Waals surface area (Å²) in [6, 6.07) is 8.13. The van der Waals surface area contributed by atoms with Gasteiger partial charge in [0.1, 0.15) is 31.0 Å². The van der Waals surface area contributed by atoms with Gasteiger partial charge in [-0.25, -0.2) is 4.79 Å². The van der Waals surface area contributed by atoms with Crippen molar-refractivity contribution in [1.82, 2.24) is 10.2 Å². The molecule has 2 rings (SSSR count). The van der Waals surface area contributed by atoms with Crippen LogP contribution in [0.5, 0.6) is 0 Å². The Morgan fingerprint density at radius 1 is 0.660 bits per heavy atom. The lowest BCUT2D eigenvalue weighted by Crippen LogP contribution is -2.68. The largest absolute Gasteiger partial charge is 0.445 e. The lowest BCUT2D eigenvalue weighted by Gasteiger charge is -2.46. The van der Waals surface area contributed by atoms with Crippen LogP contribution in [0.25, 0.3) is 0 Å². The zero-order chi connectivity index (χ0) is 38.4. The fourth-order valence-electron chi connectivity index (χ4n) is 7.38. The number of carbonyl (C=O) groups excluding carboxylic acids is 2. The second-order valence-corrected chi connectivity index (χ2v) is 15.4. The van der Waals surface area contributed by atoms with E-state index >= 15 is 0 Å². The Kier molecular flexibility index (Phi) is 27.5. The third-order valence-corrected chi connectivity index (χ3v) is 10.8. The van der Waals surface area contributed by atoms with Gasteiger partial charge in [-0.2, -0.15) is 0 Å². The van der Waals surface area contributed by atoms with Crippen LogP contribution < -0.4 is 5.32 Å². The van der Waals surface area contributed by atoms with E-state index in [0.29, 0.717) is 13.0 Å². The van der Waals surface area contributed by atoms with Crippen molar-refractivity contribution >= 4 is 12.0 Å². The molecule has 1 aliphatic rings. The number of ether oxygens (including phenoxy) is 2. The van der Waals surface area contributed by atoms with Crippen molar-refractivity contribution in [2.45, 2.75) is 218 Å². The van der Waals surface area contributed by atoms with Crippen LogP contribution in [0.2, 0.25) is 0 Å². The molecule has 2 amide bonds. The first-order valence-electron chi connectivity index (χ1n) is 21.8. The van der Waals surface area contributed by atoms with Crippen LogP contribution in [-0.2, 0) is 20.9 Å². The summed E-state index contributed by atoms with van der Waals surface area (Å²) in [7, 11) is 0. The van der Waals surface area contributed by atoms with Gasteiger partial charge in [-0.3, -0.25) is 4.79 Å². The molecule has 0 unspecified atom stereocenters. The topological polar surface area (TPSA) is 129 Å². The highest BCUT2D eigenvalue weighted by Gasteiger charge is 2.48. The molecule has 0 aliphatic carbocycles. The maximum Gasteiger partial charge on any atom is 0.407 e. The lowest BCUT2D eigenvalue weighted by molar-refractivity contribution is -0.230. The Bertz CT molecular complexity index is 1030. The number of rotatable bonds is 32. The van der Waals surface area contributed by atoms with E-state index in [0.717, 1.165) is 44.1 Å². The number of unbranched alkanes of at least 4 members (excludes halogenated alkanes) is 23. The minimum atomic E-state index is -1.47. The first-order valence-corrected chi connectivity index (χ1v) is 21.8. The number of alkyl carbamates (subject to hydrolysis) is 1. The summed E-state index contributed by atoms with van der Waals surface area (Å²) in [5.41, 5.74) is 0.807. The molecule has 0 spiro atoms. The van der Waals surface area contributed by atoms with Crippen molar-refractivity contribution in [3.63, 3.8) is 0 Å². The molecule has 0 saturated carbocycles. The molecular formula is C44H78N2O7. The van der Waals surface area contributed by atoms with Gasteiger partial charge in [-0.1, -0.05) is 192 Å². The van der Waals surface area contributed by atoms with Gasteiger partial charge in [0.15, 0.2) is 6.23 Å². The maximum atomic E-state index is 13.9. The van der Waals surface area contributed by atoms with E-state index in [9.17, 15) is 24.9 Å². The van der Waals surface area contributed by atoms with E-state index in [1.807, 2.05) is 30.3 Å². The van der Waals surface area contributed by atoms with Crippen molar-refractivity contribution in [3.05, 3.63) is 35.9 Å². The van der Waals surface area contributed by atoms with Crippen molar-refractivity contribution in [1.29, 1.82) is 0 Å². The van der Waals surface area contributed by atoms with Gasteiger partial charge in [-0.05, 0) is 18.4 Å². The summed E-state index contributed by atoms with van der Waals surface area (Å²) in [6.07, 6.45) is 24.8. The van der Waals surface area contributed by atoms with Gasteiger partial charge >= 0.3 is 6.09 Å². The fourth-order valence-corrected chi connectivity index (χ4v) is 7.38. The van der Waals surface area contributed by atoms with E-state index in [1.165, 1.54) is 122 Å². The highest BCUT2D eigenvalue weighted by atomic mass is 16.6. The molecule has 5 atom stereocenters. The quantitative estimate of drug-likeness (QED) is 0.0541. The minimum absolute atomic E-state index is 0.0310. The SMILES string of the molecule is CCCCCCCCCCCCCCCCCCN(C(=O)CCCCCCCCCCC)[C@@H]1O[C@H](CO)[C@H](O)[C@H](O)[C@H]1NC(=O)OCc1ccccc1. The predicted octanol–water partition coefficient (Wildman–Crippen LogP) is 9.73. The predicted molar refractivity (Wildman–Crippen MR) is 214 cm³/mol. The molecular weight excluding hydrogens is 668 g/mol. The van der Waals surface area contributed by atoms with Gasteiger partial charge in [0.05, 0.1) is 6.61 Å². The van der Waals surface area contributed by atoms with Crippen LogP contribution in [0.3, 0.4) is 0 Å². The summed E-state index contributed by atoms with van der Waals surface area (Å²) in [5, 5.41) is 34.6. The summed E-state index contributed by atoms with van der Waals surface area (Å²) in [6.45, 7) is 4.39. The molecule has 0 aromatic heterocycles. The second kappa shape index (κ2) is 31.1. The zero-order valence-corrected chi connectivity index (χ0v) is 33.7. The fraction of sp³-hybridized carbons (Fsp3) is 0.818. The number of aliphatic hydroxyl groups is 3. The Labute approximate surface area is 323 Å². The number of nitrogens with zero attached hydrogens (tertiary/aromatic N) is 1. The summed E-state index contributed by atoms with van der Waals surface area (Å²) >= 11 is 0. The van der Waals surface area contributed by atoms with E-state index in [4.69, 9.17) is 9.47 Å². The average Bonchev–Trinajstić information content (AvgIpc) is 3.17. The summed E-state index contributed by atoms with van der Waals surface area (Å²) in [4.78, 5) is 28.4. The van der Waals surface area contributed by atoms with Crippen molar-refractivity contribution in [3.8, 4) is 0 Å². The molecule has 53 heavy (non-hydrogen) atoms. The molecule has 1 saturated heterocycles. The van der Waals surface area contributed by atoms with Crippen LogP contribution in [-0.4, -0.2) is 76.0 Å². The van der Waals surface area contributed by atoms with Crippen LogP contribution in [0.4, 0.5) is 4.79 Å². The Balaban J connectivity index is 1.90. The number of hydrogen-bond acceptors (Lipinski definition) is 7. The van der Waals surface area contributed by atoms with Crippen molar-refractivity contribution in [2.75, 3.05) is 13.2 Å². The van der Waals surface area contributed by atoms with E-state index in [-0.39, 0.29) is 12.5 Å². The monoisotopic (exact) mass is 747 g/mol. The molecule has 0 bridgehead atoms. The Morgan fingerprint density at radius 2 is 1.11 bits per heavy atom. The first kappa shape index (κ1) is 47.0. The average molecular weight is 747 g/mol. The van der Waals surface area contributed by atoms with E-state index in [2.05, 4.69) is 19.2 Å².